The van der Waals surface area contributed by atoms with Crippen molar-refractivity contribution in [1.29, 1.82) is 0 Å². The summed E-state index contributed by atoms with van der Waals surface area (Å²) in [5.41, 5.74) is -0.936. The number of carbonyl (C=O) groups excluding carboxylic acids is 2. The lowest BCUT2D eigenvalue weighted by atomic mass is 9.49. The molecular weight excluding hydrogens is 176 g/mol. The summed E-state index contributed by atoms with van der Waals surface area (Å²) in [5, 5.41) is 0. The molecule has 76 valence electrons. The van der Waals surface area contributed by atoms with Gasteiger partial charge in [0.15, 0.2) is 11.6 Å². The molecule has 2 heteroatoms. The van der Waals surface area contributed by atoms with Gasteiger partial charge in [0.2, 0.25) is 0 Å². The number of Topliss-reactive ketones (excluding diaryl/α,β-unsaturated/α-hetero) is 2. The van der Waals surface area contributed by atoms with Crippen molar-refractivity contribution < 1.29 is 9.59 Å². The van der Waals surface area contributed by atoms with Gasteiger partial charge >= 0.3 is 0 Å². The molecule has 0 aliphatic heterocycles. The number of hydrogen-bond acceptors (Lipinski definition) is 2. The van der Waals surface area contributed by atoms with Crippen molar-refractivity contribution in [2.45, 2.75) is 51.4 Å². The molecule has 3 rings (SSSR count). The second-order valence-electron chi connectivity index (χ2n) is 5.24. The lowest BCUT2D eigenvalue weighted by Gasteiger charge is -2.49. The molecule has 3 saturated carbocycles. The van der Waals surface area contributed by atoms with Crippen molar-refractivity contribution in [3.63, 3.8) is 0 Å². The Morgan fingerprint density at radius 2 is 0.929 bits per heavy atom. The Morgan fingerprint density at radius 1 is 0.643 bits per heavy atom. The molecule has 0 amide bonds. The molecule has 0 N–H and O–H groups in total. The highest BCUT2D eigenvalue weighted by Gasteiger charge is 2.71. The zero-order valence-corrected chi connectivity index (χ0v) is 8.47. The molecule has 0 radical (unpaired) electrons. The van der Waals surface area contributed by atoms with E-state index in [9.17, 15) is 9.59 Å². The molecule has 3 fully saturated rings. The summed E-state index contributed by atoms with van der Waals surface area (Å²) in [5.74, 6) is 0.648. The molecule has 0 bridgehead atoms. The standard InChI is InChI=1S/C12H16O2/c13-9-11(5-1-2-6-11)10(14)12(9)7-3-4-8-12/h1-8H2. The lowest BCUT2D eigenvalue weighted by Crippen LogP contribution is -2.64. The topological polar surface area (TPSA) is 34.1 Å². The van der Waals surface area contributed by atoms with Crippen LogP contribution in [0.1, 0.15) is 51.4 Å². The SMILES string of the molecule is O=C1C2(CCCC2)C(=O)C12CCCC2. The van der Waals surface area contributed by atoms with Crippen LogP contribution in [0.25, 0.3) is 0 Å². The zero-order valence-electron chi connectivity index (χ0n) is 8.47. The second-order valence-corrected chi connectivity index (χ2v) is 5.24. The summed E-state index contributed by atoms with van der Waals surface area (Å²) in [6.45, 7) is 0. The second kappa shape index (κ2) is 2.47. The van der Waals surface area contributed by atoms with Crippen molar-refractivity contribution in [3.05, 3.63) is 0 Å². The van der Waals surface area contributed by atoms with Gasteiger partial charge in [-0.1, -0.05) is 25.7 Å². The molecule has 0 atom stereocenters. The molecule has 0 aromatic rings. The number of hydrogen-bond donors (Lipinski definition) is 0. The van der Waals surface area contributed by atoms with E-state index < -0.39 is 10.8 Å². The normalized spacial score (nSPS) is 32.9. The van der Waals surface area contributed by atoms with Gasteiger partial charge in [0, 0.05) is 0 Å². The number of rotatable bonds is 0. The fourth-order valence-electron chi connectivity index (χ4n) is 3.93. The predicted molar refractivity (Wildman–Crippen MR) is 51.8 cm³/mol. The van der Waals surface area contributed by atoms with Crippen LogP contribution in [-0.2, 0) is 9.59 Å². The highest BCUT2D eigenvalue weighted by Crippen LogP contribution is 2.61. The molecular formula is C12H16O2. The summed E-state index contributed by atoms with van der Waals surface area (Å²) < 4.78 is 0. The third kappa shape index (κ3) is 0.709. The Kier molecular flexibility index (Phi) is 1.52. The summed E-state index contributed by atoms with van der Waals surface area (Å²) >= 11 is 0. The van der Waals surface area contributed by atoms with E-state index in [1.54, 1.807) is 0 Å². The van der Waals surface area contributed by atoms with Gasteiger partial charge in [-0.2, -0.15) is 0 Å². The average Bonchev–Trinajstić information content (AvgIpc) is 2.88. The van der Waals surface area contributed by atoms with E-state index in [-0.39, 0.29) is 0 Å². The Hall–Kier alpha value is -0.660. The first-order valence-electron chi connectivity index (χ1n) is 5.82. The van der Waals surface area contributed by atoms with Crippen LogP contribution < -0.4 is 0 Å². The summed E-state index contributed by atoms with van der Waals surface area (Å²) in [6.07, 6.45) is 7.72. The van der Waals surface area contributed by atoms with Crippen LogP contribution in [0.3, 0.4) is 0 Å². The zero-order chi connectivity index (χ0) is 9.81. The van der Waals surface area contributed by atoms with E-state index in [1.165, 1.54) is 0 Å². The van der Waals surface area contributed by atoms with Crippen LogP contribution in [0.4, 0.5) is 0 Å². The van der Waals surface area contributed by atoms with Gasteiger partial charge in [-0.3, -0.25) is 9.59 Å². The van der Waals surface area contributed by atoms with Crippen LogP contribution >= 0.6 is 0 Å². The minimum absolute atomic E-state index is 0.324. The minimum atomic E-state index is -0.468. The van der Waals surface area contributed by atoms with E-state index in [1.807, 2.05) is 0 Å². The van der Waals surface area contributed by atoms with E-state index in [2.05, 4.69) is 0 Å². The van der Waals surface area contributed by atoms with Gasteiger partial charge in [-0.15, -0.1) is 0 Å². The van der Waals surface area contributed by atoms with Gasteiger partial charge in [0.05, 0.1) is 10.8 Å². The minimum Gasteiger partial charge on any atom is -0.297 e. The van der Waals surface area contributed by atoms with Crippen LogP contribution in [0, 0.1) is 10.8 Å². The third-order valence-electron chi connectivity index (χ3n) is 4.65. The first-order valence-corrected chi connectivity index (χ1v) is 5.82. The van der Waals surface area contributed by atoms with Gasteiger partial charge in [-0.25, -0.2) is 0 Å². The number of ketones is 2. The molecule has 14 heavy (non-hydrogen) atoms. The maximum Gasteiger partial charge on any atom is 0.159 e. The Morgan fingerprint density at radius 3 is 1.21 bits per heavy atom. The fraction of sp³-hybridized carbons (Fsp3) is 0.833. The summed E-state index contributed by atoms with van der Waals surface area (Å²) in [6, 6.07) is 0. The van der Waals surface area contributed by atoms with Gasteiger partial charge in [-0.05, 0) is 25.7 Å². The monoisotopic (exact) mass is 192 g/mol. The Bertz CT molecular complexity index is 256. The van der Waals surface area contributed by atoms with Crippen molar-refractivity contribution in [1.82, 2.24) is 0 Å². The van der Waals surface area contributed by atoms with E-state index >= 15 is 0 Å². The van der Waals surface area contributed by atoms with Crippen LogP contribution in [0.5, 0.6) is 0 Å². The van der Waals surface area contributed by atoms with Crippen LogP contribution in [0.2, 0.25) is 0 Å². The smallest absolute Gasteiger partial charge is 0.159 e. The first kappa shape index (κ1) is 8.63. The maximum atomic E-state index is 12.2. The van der Waals surface area contributed by atoms with E-state index in [4.69, 9.17) is 0 Å². The average molecular weight is 192 g/mol. The van der Waals surface area contributed by atoms with Gasteiger partial charge in [0.1, 0.15) is 0 Å². The molecule has 3 aliphatic carbocycles. The van der Waals surface area contributed by atoms with Crippen LogP contribution in [-0.4, -0.2) is 11.6 Å². The highest BCUT2D eigenvalue weighted by atomic mass is 16.2. The van der Waals surface area contributed by atoms with E-state index in [0.717, 1.165) is 51.4 Å². The molecule has 0 heterocycles. The van der Waals surface area contributed by atoms with Crippen molar-refractivity contribution in [3.8, 4) is 0 Å². The summed E-state index contributed by atoms with van der Waals surface area (Å²) in [4.78, 5) is 24.4. The largest absolute Gasteiger partial charge is 0.297 e. The summed E-state index contributed by atoms with van der Waals surface area (Å²) in [7, 11) is 0. The first-order chi connectivity index (χ1) is 6.72. The highest BCUT2D eigenvalue weighted by molar-refractivity contribution is 6.31. The molecule has 2 nitrogen and oxygen atoms in total. The Balaban J connectivity index is 1.95. The van der Waals surface area contributed by atoms with E-state index in [0.29, 0.717) is 11.6 Å². The quantitative estimate of drug-likeness (QED) is 0.552. The Labute approximate surface area is 84.1 Å². The molecule has 3 aliphatic rings. The van der Waals surface area contributed by atoms with Crippen molar-refractivity contribution in [2.24, 2.45) is 10.8 Å². The van der Waals surface area contributed by atoms with Crippen molar-refractivity contribution in [2.75, 3.05) is 0 Å². The van der Waals surface area contributed by atoms with Crippen LogP contribution in [0.15, 0.2) is 0 Å². The molecule has 0 aromatic heterocycles. The predicted octanol–water partition coefficient (Wildman–Crippen LogP) is 2.26. The van der Waals surface area contributed by atoms with Crippen molar-refractivity contribution >= 4 is 11.6 Å². The third-order valence-corrected chi connectivity index (χ3v) is 4.65. The maximum absolute atomic E-state index is 12.2. The fourth-order valence-corrected chi connectivity index (χ4v) is 3.93. The van der Waals surface area contributed by atoms with Gasteiger partial charge < -0.3 is 0 Å². The molecule has 0 saturated heterocycles. The molecule has 2 spiro atoms. The molecule has 0 unspecified atom stereocenters. The van der Waals surface area contributed by atoms with Gasteiger partial charge in [0.25, 0.3) is 0 Å². The molecule has 0 aromatic carbocycles. The number of carbonyl (C=O) groups is 2. The lowest BCUT2D eigenvalue weighted by molar-refractivity contribution is -0.170.